The number of rotatable bonds is 3. The first-order valence-electron chi connectivity index (χ1n) is 8.24. The van der Waals surface area contributed by atoms with Crippen molar-refractivity contribution in [1.29, 1.82) is 0 Å². The third kappa shape index (κ3) is 3.41. The number of carbonyl (C=O) groups is 1. The van der Waals surface area contributed by atoms with E-state index in [1.165, 1.54) is 17.1 Å². The maximum Gasteiger partial charge on any atom is 0.280 e. The lowest BCUT2D eigenvalue weighted by Gasteiger charge is -2.11. The summed E-state index contributed by atoms with van der Waals surface area (Å²) in [5, 5.41) is 6.17. The molecule has 1 amide bonds. The number of hydrazone groups is 1. The molecule has 0 aliphatic carbocycles. The minimum atomic E-state index is -0.308. The molecule has 0 atom stereocenters. The highest BCUT2D eigenvalue weighted by Gasteiger charge is 2.29. The van der Waals surface area contributed by atoms with Gasteiger partial charge in [-0.15, -0.1) is 0 Å². The maximum atomic E-state index is 13.1. The molecule has 0 bridgehead atoms. The fourth-order valence-electron chi connectivity index (χ4n) is 2.81. The lowest BCUT2D eigenvalue weighted by molar-refractivity contribution is -0.114. The summed E-state index contributed by atoms with van der Waals surface area (Å²) in [4.78, 5) is 12.8. The van der Waals surface area contributed by atoms with Crippen molar-refractivity contribution in [3.8, 4) is 11.3 Å². The van der Waals surface area contributed by atoms with Crippen LogP contribution in [0, 0.1) is 5.82 Å². The van der Waals surface area contributed by atoms with Gasteiger partial charge < -0.3 is 4.42 Å². The highest BCUT2D eigenvalue weighted by atomic mass is 35.5. The highest BCUT2D eigenvalue weighted by molar-refractivity contribution is 6.33. The van der Waals surface area contributed by atoms with Crippen molar-refractivity contribution in [2.24, 2.45) is 5.10 Å². The molecule has 1 aromatic heterocycles. The first-order chi connectivity index (χ1) is 13.0. The molecule has 1 aliphatic rings. The Balaban J connectivity index is 1.62. The highest BCUT2D eigenvalue weighted by Crippen LogP contribution is 2.28. The largest absolute Gasteiger partial charge is 0.457 e. The molecule has 3 aromatic rings. The Morgan fingerprint density at radius 3 is 2.63 bits per heavy atom. The predicted molar refractivity (Wildman–Crippen MR) is 104 cm³/mol. The zero-order valence-corrected chi connectivity index (χ0v) is 15.1. The lowest BCUT2D eigenvalue weighted by Crippen LogP contribution is -2.21. The van der Waals surface area contributed by atoms with Crippen LogP contribution in [-0.2, 0) is 4.79 Å². The topological polar surface area (TPSA) is 45.8 Å². The summed E-state index contributed by atoms with van der Waals surface area (Å²) in [6.07, 6.45) is 1.65. The molecule has 0 saturated heterocycles. The Morgan fingerprint density at radius 2 is 1.89 bits per heavy atom. The molecular weight excluding hydrogens is 367 g/mol. The van der Waals surface area contributed by atoms with Crippen LogP contribution in [0.4, 0.5) is 10.1 Å². The van der Waals surface area contributed by atoms with Gasteiger partial charge in [0.2, 0.25) is 0 Å². The van der Waals surface area contributed by atoms with Crippen LogP contribution in [0.5, 0.6) is 0 Å². The van der Waals surface area contributed by atoms with Gasteiger partial charge in [-0.25, -0.2) is 4.39 Å². The third-order valence-electron chi connectivity index (χ3n) is 4.16. The van der Waals surface area contributed by atoms with Crippen LogP contribution in [0.15, 0.2) is 75.8 Å². The standard InChI is InChI=1S/C21H14ClFN2O2/c1-13-19(21(26)25(24-13)17-4-2-3-15(22)11-17)12-18-9-10-20(27-18)14-5-7-16(23)8-6-14/h2-12H,1H3/b19-12-. The van der Waals surface area contributed by atoms with Crippen molar-refractivity contribution in [2.75, 3.05) is 5.01 Å². The summed E-state index contributed by atoms with van der Waals surface area (Å²) >= 11 is 6.00. The average Bonchev–Trinajstić information content (AvgIpc) is 3.23. The fourth-order valence-corrected chi connectivity index (χ4v) is 2.99. The molecule has 2 heterocycles. The van der Waals surface area contributed by atoms with Crippen LogP contribution >= 0.6 is 11.6 Å². The normalized spacial score (nSPS) is 15.5. The van der Waals surface area contributed by atoms with Crippen LogP contribution in [0.1, 0.15) is 12.7 Å². The van der Waals surface area contributed by atoms with E-state index in [4.69, 9.17) is 16.0 Å². The average molecular weight is 381 g/mol. The van der Waals surface area contributed by atoms with Crippen LogP contribution in [0.3, 0.4) is 0 Å². The van der Waals surface area contributed by atoms with Gasteiger partial charge in [0, 0.05) is 10.6 Å². The van der Waals surface area contributed by atoms with Crippen LogP contribution in [-0.4, -0.2) is 11.6 Å². The fraction of sp³-hybridized carbons (Fsp3) is 0.0476. The summed E-state index contributed by atoms with van der Waals surface area (Å²) in [6.45, 7) is 1.76. The van der Waals surface area contributed by atoms with Gasteiger partial charge >= 0.3 is 0 Å². The number of benzene rings is 2. The van der Waals surface area contributed by atoms with Gasteiger partial charge in [0.05, 0.1) is 17.0 Å². The van der Waals surface area contributed by atoms with E-state index >= 15 is 0 Å². The molecule has 134 valence electrons. The van der Waals surface area contributed by atoms with E-state index in [-0.39, 0.29) is 11.7 Å². The molecule has 0 radical (unpaired) electrons. The van der Waals surface area contributed by atoms with E-state index in [2.05, 4.69) is 5.10 Å². The van der Waals surface area contributed by atoms with Crippen molar-refractivity contribution in [2.45, 2.75) is 6.92 Å². The number of halogens is 2. The molecule has 4 nitrogen and oxygen atoms in total. The summed E-state index contributed by atoms with van der Waals surface area (Å²) in [6, 6.07) is 16.5. The van der Waals surface area contributed by atoms with Crippen LogP contribution < -0.4 is 5.01 Å². The Bertz CT molecular complexity index is 1080. The van der Waals surface area contributed by atoms with Gasteiger partial charge in [-0.2, -0.15) is 10.1 Å². The van der Waals surface area contributed by atoms with Crippen LogP contribution in [0.25, 0.3) is 17.4 Å². The van der Waals surface area contributed by atoms with Crippen molar-refractivity contribution in [3.05, 3.63) is 82.8 Å². The van der Waals surface area contributed by atoms with E-state index in [0.717, 1.165) is 5.56 Å². The molecule has 4 rings (SSSR count). The summed E-state index contributed by atoms with van der Waals surface area (Å²) in [7, 11) is 0. The summed E-state index contributed by atoms with van der Waals surface area (Å²) in [5.74, 6) is 0.542. The third-order valence-corrected chi connectivity index (χ3v) is 4.39. The number of hydrogen-bond donors (Lipinski definition) is 0. The molecule has 2 aromatic carbocycles. The van der Waals surface area contributed by atoms with E-state index < -0.39 is 0 Å². The Labute approximate surface area is 160 Å². The Kier molecular flexibility index (Phi) is 4.38. The van der Waals surface area contributed by atoms with Crippen molar-refractivity contribution in [1.82, 2.24) is 0 Å². The number of hydrogen-bond acceptors (Lipinski definition) is 3. The van der Waals surface area contributed by atoms with Gasteiger partial charge in [0.15, 0.2) is 0 Å². The smallest absolute Gasteiger partial charge is 0.280 e. The van der Waals surface area contributed by atoms with Gasteiger partial charge in [-0.05, 0) is 67.6 Å². The molecule has 1 aliphatic heterocycles. The first kappa shape index (κ1) is 17.2. The molecular formula is C21H14ClFN2O2. The number of nitrogens with zero attached hydrogens (tertiary/aromatic N) is 2. The Hall–Kier alpha value is -3.18. The van der Waals surface area contributed by atoms with Gasteiger partial charge in [-0.3, -0.25) is 4.79 Å². The minimum Gasteiger partial charge on any atom is -0.457 e. The van der Waals surface area contributed by atoms with Gasteiger partial charge in [-0.1, -0.05) is 17.7 Å². The zero-order chi connectivity index (χ0) is 19.0. The number of amides is 1. The first-order valence-corrected chi connectivity index (χ1v) is 8.62. The SMILES string of the molecule is CC1=NN(c2cccc(Cl)c2)C(=O)/C1=C\c1ccc(-c2ccc(F)cc2)o1. The van der Waals surface area contributed by atoms with Crippen molar-refractivity contribution >= 4 is 35.0 Å². The van der Waals surface area contributed by atoms with Crippen molar-refractivity contribution in [3.63, 3.8) is 0 Å². The van der Waals surface area contributed by atoms with Gasteiger partial charge in [0.1, 0.15) is 17.3 Å². The minimum absolute atomic E-state index is 0.255. The van der Waals surface area contributed by atoms with E-state index in [9.17, 15) is 9.18 Å². The van der Waals surface area contributed by atoms with E-state index in [1.54, 1.807) is 61.5 Å². The summed E-state index contributed by atoms with van der Waals surface area (Å²) < 4.78 is 18.8. The second-order valence-electron chi connectivity index (χ2n) is 6.05. The Morgan fingerprint density at radius 1 is 1.11 bits per heavy atom. The predicted octanol–water partition coefficient (Wildman–Crippen LogP) is 5.55. The molecule has 27 heavy (non-hydrogen) atoms. The van der Waals surface area contributed by atoms with Crippen molar-refractivity contribution < 1.29 is 13.6 Å². The number of furan rings is 1. The van der Waals surface area contributed by atoms with E-state index in [0.29, 0.717) is 33.5 Å². The molecule has 0 N–H and O–H groups in total. The number of carbonyl (C=O) groups excluding carboxylic acids is 1. The molecule has 0 spiro atoms. The molecule has 0 unspecified atom stereocenters. The maximum absolute atomic E-state index is 13.1. The second kappa shape index (κ2) is 6.85. The van der Waals surface area contributed by atoms with E-state index in [1.807, 2.05) is 0 Å². The molecule has 0 fully saturated rings. The van der Waals surface area contributed by atoms with Crippen LogP contribution in [0.2, 0.25) is 5.02 Å². The van der Waals surface area contributed by atoms with Gasteiger partial charge in [0.25, 0.3) is 5.91 Å². The lowest BCUT2D eigenvalue weighted by atomic mass is 10.1. The monoisotopic (exact) mass is 380 g/mol. The molecule has 0 saturated carbocycles. The molecule has 6 heteroatoms. The quantitative estimate of drug-likeness (QED) is 0.559. The zero-order valence-electron chi connectivity index (χ0n) is 14.3. The number of anilines is 1. The summed E-state index contributed by atoms with van der Waals surface area (Å²) in [5.41, 5.74) is 2.38. The second-order valence-corrected chi connectivity index (χ2v) is 6.49.